The van der Waals surface area contributed by atoms with Gasteiger partial charge in [0.1, 0.15) is 5.54 Å². The normalized spacial score (nSPS) is 18.9. The van der Waals surface area contributed by atoms with Gasteiger partial charge in [0.25, 0.3) is 5.91 Å². The molecule has 3 amide bonds. The Balaban J connectivity index is 1.64. The van der Waals surface area contributed by atoms with E-state index in [2.05, 4.69) is 5.32 Å². The van der Waals surface area contributed by atoms with E-state index in [1.54, 1.807) is 7.11 Å². The molecule has 1 saturated heterocycles. The Morgan fingerprint density at radius 2 is 1.93 bits per heavy atom. The SMILES string of the molecule is CCOc1ccc(CN(C)CN2C(=O)NC3(CCCCC3)C2=O)cc1OC. The maximum atomic E-state index is 12.9. The maximum absolute atomic E-state index is 12.9. The molecule has 1 heterocycles. The Kier molecular flexibility index (Phi) is 5.89. The van der Waals surface area contributed by atoms with Gasteiger partial charge in [-0.25, -0.2) is 9.69 Å². The first-order valence-electron chi connectivity index (χ1n) is 9.61. The van der Waals surface area contributed by atoms with Crippen molar-refractivity contribution in [3.05, 3.63) is 23.8 Å². The number of imide groups is 1. The second-order valence-corrected chi connectivity index (χ2v) is 7.38. The van der Waals surface area contributed by atoms with Crippen LogP contribution in [0.15, 0.2) is 18.2 Å². The Labute approximate surface area is 160 Å². The second kappa shape index (κ2) is 8.17. The molecule has 1 N–H and O–H groups in total. The quantitative estimate of drug-likeness (QED) is 0.742. The summed E-state index contributed by atoms with van der Waals surface area (Å²) in [6.45, 7) is 3.36. The first kappa shape index (κ1) is 19.5. The van der Waals surface area contributed by atoms with Crippen LogP contribution in [0, 0.1) is 0 Å². The van der Waals surface area contributed by atoms with Crippen molar-refractivity contribution in [3.8, 4) is 11.5 Å². The maximum Gasteiger partial charge on any atom is 0.326 e. The molecule has 1 aromatic rings. The van der Waals surface area contributed by atoms with E-state index in [1.165, 1.54) is 4.90 Å². The van der Waals surface area contributed by atoms with E-state index in [0.717, 1.165) is 37.7 Å². The van der Waals surface area contributed by atoms with E-state index in [9.17, 15) is 9.59 Å². The molecule has 0 bridgehead atoms. The third-order valence-electron chi connectivity index (χ3n) is 5.32. The second-order valence-electron chi connectivity index (χ2n) is 7.38. The van der Waals surface area contributed by atoms with E-state index in [0.29, 0.717) is 24.7 Å². The molecular weight excluding hydrogens is 346 g/mol. The number of carbonyl (C=O) groups excluding carboxylic acids is 2. The highest BCUT2D eigenvalue weighted by molar-refractivity contribution is 6.07. The molecule has 1 aromatic carbocycles. The van der Waals surface area contributed by atoms with Crippen LogP contribution in [0.3, 0.4) is 0 Å². The molecule has 3 rings (SSSR count). The van der Waals surface area contributed by atoms with Crippen molar-refractivity contribution in [1.82, 2.24) is 15.1 Å². The average Bonchev–Trinajstić information content (AvgIpc) is 2.87. The van der Waals surface area contributed by atoms with E-state index in [4.69, 9.17) is 9.47 Å². The van der Waals surface area contributed by atoms with Crippen molar-refractivity contribution < 1.29 is 19.1 Å². The lowest BCUT2D eigenvalue weighted by Crippen LogP contribution is -2.48. The number of hydrogen-bond acceptors (Lipinski definition) is 5. The number of nitrogens with one attached hydrogen (secondary N) is 1. The smallest absolute Gasteiger partial charge is 0.326 e. The minimum atomic E-state index is -0.668. The van der Waals surface area contributed by atoms with Gasteiger partial charge < -0.3 is 14.8 Å². The standard InChI is InChI=1S/C20H29N3O4/c1-4-27-16-9-8-15(12-17(16)26-3)13-22(2)14-23-18(24)20(21-19(23)25)10-6-5-7-11-20/h8-9,12H,4-7,10-11,13-14H2,1-3H3,(H,21,25). The minimum Gasteiger partial charge on any atom is -0.493 e. The summed E-state index contributed by atoms with van der Waals surface area (Å²) in [6.07, 6.45) is 4.59. The van der Waals surface area contributed by atoms with Crippen LogP contribution in [-0.4, -0.2) is 54.7 Å². The first-order valence-corrected chi connectivity index (χ1v) is 9.61. The summed E-state index contributed by atoms with van der Waals surface area (Å²) in [5.74, 6) is 1.31. The monoisotopic (exact) mass is 375 g/mol. The highest BCUT2D eigenvalue weighted by Crippen LogP contribution is 2.34. The highest BCUT2D eigenvalue weighted by atomic mass is 16.5. The number of methoxy groups -OCH3 is 1. The Hall–Kier alpha value is -2.28. The van der Waals surface area contributed by atoms with Crippen LogP contribution in [0.2, 0.25) is 0 Å². The fraction of sp³-hybridized carbons (Fsp3) is 0.600. The van der Waals surface area contributed by atoms with Crippen molar-refractivity contribution in [3.63, 3.8) is 0 Å². The zero-order chi connectivity index (χ0) is 19.4. The van der Waals surface area contributed by atoms with Crippen LogP contribution in [0.5, 0.6) is 11.5 Å². The zero-order valence-corrected chi connectivity index (χ0v) is 16.4. The van der Waals surface area contributed by atoms with Gasteiger partial charge in [0.2, 0.25) is 0 Å². The van der Waals surface area contributed by atoms with Crippen LogP contribution in [-0.2, 0) is 11.3 Å². The predicted octanol–water partition coefficient (Wildman–Crippen LogP) is 2.74. The molecule has 7 heteroatoms. The third kappa shape index (κ3) is 4.03. The Morgan fingerprint density at radius 1 is 1.19 bits per heavy atom. The molecule has 0 aromatic heterocycles. The summed E-state index contributed by atoms with van der Waals surface area (Å²) < 4.78 is 10.9. The number of ether oxygens (including phenoxy) is 2. The molecule has 2 aliphatic rings. The number of carbonyl (C=O) groups is 2. The minimum absolute atomic E-state index is 0.0803. The molecule has 1 saturated carbocycles. The van der Waals surface area contributed by atoms with Crippen LogP contribution in [0.1, 0.15) is 44.6 Å². The first-order chi connectivity index (χ1) is 13.0. The molecule has 1 aliphatic heterocycles. The van der Waals surface area contributed by atoms with Gasteiger partial charge in [0.05, 0.1) is 20.4 Å². The van der Waals surface area contributed by atoms with Gasteiger partial charge in [-0.3, -0.25) is 9.69 Å². The number of amides is 3. The number of urea groups is 1. The molecule has 0 radical (unpaired) electrons. The third-order valence-corrected chi connectivity index (χ3v) is 5.32. The summed E-state index contributed by atoms with van der Waals surface area (Å²) >= 11 is 0. The molecule has 148 valence electrons. The number of hydrogen-bond donors (Lipinski definition) is 1. The predicted molar refractivity (Wildman–Crippen MR) is 102 cm³/mol. The molecule has 7 nitrogen and oxygen atoms in total. The molecular formula is C20H29N3O4. The summed E-state index contributed by atoms with van der Waals surface area (Å²) in [7, 11) is 3.51. The Morgan fingerprint density at radius 3 is 2.59 bits per heavy atom. The Bertz CT molecular complexity index is 700. The highest BCUT2D eigenvalue weighted by Gasteiger charge is 2.51. The zero-order valence-electron chi connectivity index (χ0n) is 16.4. The van der Waals surface area contributed by atoms with Crippen LogP contribution >= 0.6 is 0 Å². The lowest BCUT2D eigenvalue weighted by Gasteiger charge is -2.31. The van der Waals surface area contributed by atoms with Gasteiger partial charge in [0, 0.05) is 6.54 Å². The molecule has 27 heavy (non-hydrogen) atoms. The van der Waals surface area contributed by atoms with Crippen LogP contribution in [0.4, 0.5) is 4.79 Å². The van der Waals surface area contributed by atoms with E-state index in [1.807, 2.05) is 37.1 Å². The number of benzene rings is 1. The molecule has 0 unspecified atom stereocenters. The van der Waals surface area contributed by atoms with Crippen molar-refractivity contribution >= 4 is 11.9 Å². The lowest BCUT2D eigenvalue weighted by molar-refractivity contribution is -0.133. The largest absolute Gasteiger partial charge is 0.493 e. The molecule has 2 fully saturated rings. The van der Waals surface area contributed by atoms with Gasteiger partial charge in [-0.1, -0.05) is 25.3 Å². The van der Waals surface area contributed by atoms with Crippen LogP contribution < -0.4 is 14.8 Å². The number of nitrogens with zero attached hydrogens (tertiary/aromatic N) is 2. The lowest BCUT2D eigenvalue weighted by atomic mass is 9.82. The van der Waals surface area contributed by atoms with Crippen molar-refractivity contribution in [2.45, 2.75) is 51.1 Å². The van der Waals surface area contributed by atoms with Gasteiger partial charge in [0.15, 0.2) is 11.5 Å². The molecule has 0 atom stereocenters. The van der Waals surface area contributed by atoms with E-state index < -0.39 is 5.54 Å². The van der Waals surface area contributed by atoms with Crippen LogP contribution in [0.25, 0.3) is 0 Å². The van der Waals surface area contributed by atoms with E-state index in [-0.39, 0.29) is 18.6 Å². The fourth-order valence-electron chi connectivity index (χ4n) is 3.99. The van der Waals surface area contributed by atoms with Crippen molar-refractivity contribution in [2.75, 3.05) is 27.4 Å². The summed E-state index contributed by atoms with van der Waals surface area (Å²) in [5, 5.41) is 2.95. The summed E-state index contributed by atoms with van der Waals surface area (Å²) in [5.41, 5.74) is 0.357. The van der Waals surface area contributed by atoms with Crippen molar-refractivity contribution in [2.24, 2.45) is 0 Å². The average molecular weight is 375 g/mol. The van der Waals surface area contributed by atoms with Crippen molar-refractivity contribution in [1.29, 1.82) is 0 Å². The molecule has 1 aliphatic carbocycles. The fourth-order valence-corrected chi connectivity index (χ4v) is 3.99. The molecule has 1 spiro atoms. The van der Waals surface area contributed by atoms with Gasteiger partial charge in [-0.2, -0.15) is 0 Å². The van der Waals surface area contributed by atoms with E-state index >= 15 is 0 Å². The number of rotatable bonds is 7. The topological polar surface area (TPSA) is 71.1 Å². The summed E-state index contributed by atoms with van der Waals surface area (Å²) in [4.78, 5) is 28.6. The summed E-state index contributed by atoms with van der Waals surface area (Å²) in [6, 6.07) is 5.50. The van der Waals surface area contributed by atoms with Gasteiger partial charge in [-0.05, 0) is 44.5 Å². The van der Waals surface area contributed by atoms with Gasteiger partial charge >= 0.3 is 6.03 Å². The van der Waals surface area contributed by atoms with Gasteiger partial charge in [-0.15, -0.1) is 0 Å².